The number of hydrogen-bond donors (Lipinski definition) is 3. The Morgan fingerprint density at radius 2 is 1.89 bits per heavy atom. The first-order valence-electron chi connectivity index (χ1n) is 8.38. The number of hydrogen-bond acceptors (Lipinski definition) is 4. The van der Waals surface area contributed by atoms with Crippen LogP contribution in [0.2, 0.25) is 0 Å². The van der Waals surface area contributed by atoms with Crippen molar-refractivity contribution in [1.29, 1.82) is 0 Å². The van der Waals surface area contributed by atoms with Gasteiger partial charge in [-0.3, -0.25) is 5.10 Å². The second-order valence-corrected chi connectivity index (χ2v) is 5.70. The summed E-state index contributed by atoms with van der Waals surface area (Å²) in [4.78, 5) is 8.73. The topological polar surface area (TPSA) is 101 Å². The minimum Gasteiger partial charge on any atom is -0.497 e. The highest BCUT2D eigenvalue weighted by Crippen LogP contribution is 2.18. The third-order valence-electron chi connectivity index (χ3n) is 3.84. The third kappa shape index (κ3) is 6.24. The Morgan fingerprint density at radius 3 is 2.59 bits per heavy atom. The first-order valence-corrected chi connectivity index (χ1v) is 8.38. The van der Waals surface area contributed by atoms with Gasteiger partial charge in [0.15, 0.2) is 11.8 Å². The van der Waals surface area contributed by atoms with Crippen molar-refractivity contribution in [3.8, 4) is 17.1 Å². The molecule has 0 fully saturated rings. The Hall–Kier alpha value is -2.62. The molecule has 7 nitrogen and oxygen atoms in total. The lowest BCUT2D eigenvalue weighted by Gasteiger charge is -2.05. The van der Waals surface area contributed by atoms with Gasteiger partial charge >= 0.3 is 0 Å². The zero-order valence-corrected chi connectivity index (χ0v) is 17.4. The molecule has 0 aliphatic heterocycles. The molecular formula is C19H23IN6O. The molecule has 4 N–H and O–H groups in total. The Morgan fingerprint density at radius 1 is 1.15 bits per heavy atom. The minimum atomic E-state index is 0. The van der Waals surface area contributed by atoms with Crippen LogP contribution in [0.15, 0.2) is 59.6 Å². The Labute approximate surface area is 175 Å². The van der Waals surface area contributed by atoms with Crippen LogP contribution >= 0.6 is 24.0 Å². The number of H-pyrrole nitrogens is 1. The van der Waals surface area contributed by atoms with Crippen LogP contribution in [0, 0.1) is 0 Å². The van der Waals surface area contributed by atoms with Crippen molar-refractivity contribution in [3.05, 3.63) is 66.0 Å². The average Bonchev–Trinajstić information content (AvgIpc) is 3.16. The molecule has 3 aromatic rings. The molecule has 1 heterocycles. The zero-order valence-electron chi connectivity index (χ0n) is 15.1. The van der Waals surface area contributed by atoms with Crippen molar-refractivity contribution in [2.24, 2.45) is 10.7 Å². The quantitative estimate of drug-likeness (QED) is 0.276. The Bertz CT molecular complexity index is 848. The molecule has 0 bridgehead atoms. The monoisotopic (exact) mass is 478 g/mol. The number of aromatic amines is 1. The minimum absolute atomic E-state index is 0. The van der Waals surface area contributed by atoms with E-state index in [0.717, 1.165) is 24.3 Å². The first kappa shape index (κ1) is 20.7. The molecule has 1 aromatic heterocycles. The number of guanidine groups is 1. The van der Waals surface area contributed by atoms with Crippen molar-refractivity contribution in [2.75, 3.05) is 13.7 Å². The molecule has 0 amide bonds. The van der Waals surface area contributed by atoms with Crippen LogP contribution in [0.5, 0.6) is 5.75 Å². The number of halogens is 1. The first-order chi connectivity index (χ1) is 12.7. The van der Waals surface area contributed by atoms with E-state index in [4.69, 9.17) is 10.5 Å². The fraction of sp³-hybridized carbons (Fsp3) is 0.211. The van der Waals surface area contributed by atoms with Crippen LogP contribution in [0.1, 0.15) is 11.4 Å². The summed E-state index contributed by atoms with van der Waals surface area (Å²) >= 11 is 0. The molecule has 27 heavy (non-hydrogen) atoms. The lowest BCUT2D eigenvalue weighted by Crippen LogP contribution is -2.33. The van der Waals surface area contributed by atoms with E-state index in [9.17, 15) is 0 Å². The fourth-order valence-electron chi connectivity index (χ4n) is 2.43. The molecule has 0 atom stereocenters. The molecule has 0 radical (unpaired) electrons. The van der Waals surface area contributed by atoms with Crippen molar-refractivity contribution >= 4 is 29.9 Å². The second-order valence-electron chi connectivity index (χ2n) is 5.70. The lowest BCUT2D eigenvalue weighted by atomic mass is 10.1. The number of rotatable bonds is 7. The SMILES string of the molecule is COc1ccc(-c2n[nH]c(CN=C(N)NCCc3ccccc3)n2)cc1.I. The van der Waals surface area contributed by atoms with Gasteiger partial charge in [-0.2, -0.15) is 5.10 Å². The Balaban J connectivity index is 0.00000261. The van der Waals surface area contributed by atoms with Gasteiger partial charge in [0.05, 0.1) is 7.11 Å². The number of nitrogens with zero attached hydrogens (tertiary/aromatic N) is 3. The van der Waals surface area contributed by atoms with Crippen LogP contribution in [0.25, 0.3) is 11.4 Å². The highest BCUT2D eigenvalue weighted by atomic mass is 127. The predicted molar refractivity (Wildman–Crippen MR) is 117 cm³/mol. The van der Waals surface area contributed by atoms with Crippen LogP contribution in [-0.4, -0.2) is 34.8 Å². The molecule has 0 unspecified atom stereocenters. The van der Waals surface area contributed by atoms with E-state index >= 15 is 0 Å². The summed E-state index contributed by atoms with van der Waals surface area (Å²) in [5.41, 5.74) is 8.06. The largest absolute Gasteiger partial charge is 0.497 e. The second kappa shape index (κ2) is 10.5. The van der Waals surface area contributed by atoms with Gasteiger partial charge in [0, 0.05) is 12.1 Å². The van der Waals surface area contributed by atoms with E-state index < -0.39 is 0 Å². The van der Waals surface area contributed by atoms with E-state index in [-0.39, 0.29) is 24.0 Å². The number of aromatic nitrogens is 3. The highest BCUT2D eigenvalue weighted by molar-refractivity contribution is 14.0. The summed E-state index contributed by atoms with van der Waals surface area (Å²) in [5.74, 6) is 2.46. The van der Waals surface area contributed by atoms with E-state index in [1.54, 1.807) is 7.11 Å². The van der Waals surface area contributed by atoms with Gasteiger partial charge in [-0.25, -0.2) is 9.98 Å². The van der Waals surface area contributed by atoms with Gasteiger partial charge in [-0.1, -0.05) is 30.3 Å². The number of methoxy groups -OCH3 is 1. The fourth-order valence-corrected chi connectivity index (χ4v) is 2.43. The molecule has 142 valence electrons. The molecule has 0 saturated heterocycles. The van der Waals surface area contributed by atoms with Gasteiger partial charge in [0.1, 0.15) is 18.1 Å². The smallest absolute Gasteiger partial charge is 0.189 e. The van der Waals surface area contributed by atoms with Crippen molar-refractivity contribution in [3.63, 3.8) is 0 Å². The zero-order chi connectivity index (χ0) is 18.2. The summed E-state index contributed by atoms with van der Waals surface area (Å²) in [5, 5.41) is 10.2. The maximum absolute atomic E-state index is 5.90. The van der Waals surface area contributed by atoms with Gasteiger partial charge in [-0.15, -0.1) is 24.0 Å². The lowest BCUT2D eigenvalue weighted by molar-refractivity contribution is 0.415. The number of benzene rings is 2. The van der Waals surface area contributed by atoms with Gasteiger partial charge < -0.3 is 15.8 Å². The summed E-state index contributed by atoms with van der Waals surface area (Å²) in [6, 6.07) is 17.8. The standard InChI is InChI=1S/C19H22N6O.HI/c1-26-16-9-7-15(8-10-16)18-23-17(24-25-18)13-22-19(20)21-12-11-14-5-3-2-4-6-14;/h2-10H,11-13H2,1H3,(H3,20,21,22)(H,23,24,25);1H. The summed E-state index contributed by atoms with van der Waals surface area (Å²) in [6.07, 6.45) is 0.890. The van der Waals surface area contributed by atoms with Crippen molar-refractivity contribution in [2.45, 2.75) is 13.0 Å². The third-order valence-corrected chi connectivity index (χ3v) is 3.84. The van der Waals surface area contributed by atoms with Gasteiger partial charge in [0.2, 0.25) is 0 Å². The Kier molecular flexibility index (Phi) is 8.05. The van der Waals surface area contributed by atoms with Crippen molar-refractivity contribution < 1.29 is 4.74 Å². The van der Waals surface area contributed by atoms with Crippen LogP contribution in [0.3, 0.4) is 0 Å². The highest BCUT2D eigenvalue weighted by Gasteiger charge is 2.06. The van der Waals surface area contributed by atoms with Gasteiger partial charge in [0.25, 0.3) is 0 Å². The molecular weight excluding hydrogens is 455 g/mol. The number of nitrogens with one attached hydrogen (secondary N) is 2. The van der Waals surface area contributed by atoms with E-state index in [0.29, 0.717) is 24.2 Å². The molecule has 2 aromatic carbocycles. The van der Waals surface area contributed by atoms with E-state index in [2.05, 4.69) is 37.6 Å². The summed E-state index contributed by atoms with van der Waals surface area (Å²) in [6.45, 7) is 1.07. The summed E-state index contributed by atoms with van der Waals surface area (Å²) < 4.78 is 5.15. The van der Waals surface area contributed by atoms with Crippen LogP contribution in [0.4, 0.5) is 0 Å². The molecule has 8 heteroatoms. The van der Waals surface area contributed by atoms with Crippen molar-refractivity contribution in [1.82, 2.24) is 20.5 Å². The van der Waals surface area contributed by atoms with Crippen LogP contribution in [-0.2, 0) is 13.0 Å². The number of aliphatic imine (C=N–C) groups is 1. The van der Waals surface area contributed by atoms with E-state index in [1.807, 2.05) is 42.5 Å². The maximum atomic E-state index is 5.90. The average molecular weight is 478 g/mol. The number of nitrogens with two attached hydrogens (primary N) is 1. The molecule has 0 saturated carbocycles. The molecule has 0 aliphatic carbocycles. The maximum Gasteiger partial charge on any atom is 0.189 e. The summed E-state index contributed by atoms with van der Waals surface area (Å²) in [7, 11) is 1.64. The molecule has 0 spiro atoms. The predicted octanol–water partition coefficient (Wildman–Crippen LogP) is 2.75. The molecule has 3 rings (SSSR count). The molecule has 0 aliphatic rings. The number of ether oxygens (including phenoxy) is 1. The van der Waals surface area contributed by atoms with E-state index in [1.165, 1.54) is 5.56 Å². The normalized spacial score (nSPS) is 10.9. The van der Waals surface area contributed by atoms with Crippen LogP contribution < -0.4 is 15.8 Å². The van der Waals surface area contributed by atoms with Gasteiger partial charge in [-0.05, 0) is 36.2 Å².